The highest BCUT2D eigenvalue weighted by Crippen LogP contribution is 2.40. The lowest BCUT2D eigenvalue weighted by Gasteiger charge is -2.49. The highest BCUT2D eigenvalue weighted by molar-refractivity contribution is 7.99. The standard InChI is InChI=1S/C23H23NO6S/c1-2-31-23-17(24-20(26)14-10-6-7-11-15(14)21(24)27)18(25)19-16(29-23)12-28-22(30-19)13-8-4-3-5-9-13/h3-11,16-19,22-23,25H,2,12H2,1H3/t16?,17?,18?,19-,22?,23+/m1/s1. The zero-order chi connectivity index (χ0) is 21.5. The lowest BCUT2D eigenvalue weighted by molar-refractivity contribution is -0.310. The molecule has 0 bridgehead atoms. The number of fused-ring (bicyclic) bond motifs is 2. The largest absolute Gasteiger partial charge is 0.388 e. The van der Waals surface area contributed by atoms with E-state index in [1.54, 1.807) is 24.3 Å². The normalized spacial score (nSPS) is 32.6. The molecule has 162 valence electrons. The number of carbonyl (C=O) groups is 2. The van der Waals surface area contributed by atoms with Crippen LogP contribution < -0.4 is 0 Å². The van der Waals surface area contributed by atoms with Gasteiger partial charge in [-0.1, -0.05) is 49.4 Å². The predicted molar refractivity (Wildman–Crippen MR) is 114 cm³/mol. The second-order valence-electron chi connectivity index (χ2n) is 7.68. The van der Waals surface area contributed by atoms with Gasteiger partial charge in [-0.3, -0.25) is 14.5 Å². The van der Waals surface area contributed by atoms with Gasteiger partial charge in [0.25, 0.3) is 11.8 Å². The number of nitrogens with zero attached hydrogens (tertiary/aromatic N) is 1. The summed E-state index contributed by atoms with van der Waals surface area (Å²) in [6.45, 7) is 2.21. The number of carbonyl (C=O) groups excluding carboxylic acids is 2. The van der Waals surface area contributed by atoms with Crippen LogP contribution >= 0.6 is 11.8 Å². The lowest BCUT2D eigenvalue weighted by Crippen LogP contribution is -2.66. The van der Waals surface area contributed by atoms with Crippen LogP contribution in [0.15, 0.2) is 54.6 Å². The molecule has 2 fully saturated rings. The number of amides is 2. The van der Waals surface area contributed by atoms with Crippen molar-refractivity contribution in [3.8, 4) is 0 Å². The Balaban J connectivity index is 1.45. The molecule has 5 rings (SSSR count). The first-order valence-corrected chi connectivity index (χ1v) is 11.4. The summed E-state index contributed by atoms with van der Waals surface area (Å²) in [4.78, 5) is 27.4. The number of ether oxygens (including phenoxy) is 3. The fourth-order valence-corrected chi connectivity index (χ4v) is 5.44. The van der Waals surface area contributed by atoms with Gasteiger partial charge in [-0.25, -0.2) is 0 Å². The van der Waals surface area contributed by atoms with E-state index >= 15 is 0 Å². The van der Waals surface area contributed by atoms with E-state index in [-0.39, 0.29) is 6.61 Å². The summed E-state index contributed by atoms with van der Waals surface area (Å²) in [5.74, 6) is -0.136. The molecular formula is C23H23NO6S. The molecule has 8 heteroatoms. The minimum atomic E-state index is -1.11. The van der Waals surface area contributed by atoms with Gasteiger partial charge in [-0.05, 0) is 17.9 Å². The van der Waals surface area contributed by atoms with E-state index in [9.17, 15) is 14.7 Å². The second-order valence-corrected chi connectivity index (χ2v) is 9.06. The SMILES string of the molecule is CCS[C@@H]1OC2COC(c3ccccc3)O[C@H]2C(O)C1N1C(=O)c2ccccc2C1=O. The Labute approximate surface area is 184 Å². The van der Waals surface area contributed by atoms with Crippen LogP contribution in [0.3, 0.4) is 0 Å². The van der Waals surface area contributed by atoms with Crippen molar-refractivity contribution in [2.75, 3.05) is 12.4 Å². The minimum absolute atomic E-state index is 0.247. The average molecular weight is 442 g/mol. The van der Waals surface area contributed by atoms with Gasteiger partial charge in [0.2, 0.25) is 0 Å². The molecular weight excluding hydrogens is 418 g/mol. The maximum Gasteiger partial charge on any atom is 0.262 e. The van der Waals surface area contributed by atoms with Gasteiger partial charge in [0, 0.05) is 5.56 Å². The summed E-state index contributed by atoms with van der Waals surface area (Å²) in [6, 6.07) is 15.3. The summed E-state index contributed by atoms with van der Waals surface area (Å²) in [5.41, 5.74) is 0.939. The van der Waals surface area contributed by atoms with Gasteiger partial charge in [0.1, 0.15) is 29.8 Å². The van der Waals surface area contributed by atoms with Crippen molar-refractivity contribution in [1.29, 1.82) is 0 Å². The summed E-state index contributed by atoms with van der Waals surface area (Å²) in [5, 5.41) is 11.4. The van der Waals surface area contributed by atoms with Crippen molar-refractivity contribution in [2.45, 2.75) is 43.0 Å². The van der Waals surface area contributed by atoms with E-state index in [2.05, 4.69) is 0 Å². The van der Waals surface area contributed by atoms with Crippen LogP contribution in [0.25, 0.3) is 0 Å². The van der Waals surface area contributed by atoms with Gasteiger partial charge in [-0.2, -0.15) is 0 Å². The number of benzene rings is 2. The first kappa shape index (κ1) is 20.7. The third kappa shape index (κ3) is 3.48. The van der Waals surface area contributed by atoms with E-state index < -0.39 is 47.9 Å². The Morgan fingerprint density at radius 1 is 1.00 bits per heavy atom. The molecule has 2 aromatic carbocycles. The number of aliphatic hydroxyl groups excluding tert-OH is 1. The number of thioether (sulfide) groups is 1. The summed E-state index contributed by atoms with van der Waals surface area (Å²) in [7, 11) is 0. The molecule has 3 heterocycles. The van der Waals surface area contributed by atoms with Crippen LogP contribution in [0.1, 0.15) is 39.5 Å². The molecule has 0 aromatic heterocycles. The quantitative estimate of drug-likeness (QED) is 0.730. The maximum absolute atomic E-state index is 13.1. The molecule has 3 aliphatic heterocycles. The smallest absolute Gasteiger partial charge is 0.262 e. The van der Waals surface area contributed by atoms with Crippen LogP contribution in [-0.2, 0) is 14.2 Å². The molecule has 0 radical (unpaired) electrons. The molecule has 0 spiro atoms. The Kier molecular flexibility index (Phi) is 5.58. The second kappa shape index (κ2) is 8.37. The number of imide groups is 1. The first-order chi connectivity index (χ1) is 15.1. The third-order valence-corrected chi connectivity index (χ3v) is 6.91. The van der Waals surface area contributed by atoms with Crippen LogP contribution in [0.4, 0.5) is 0 Å². The highest BCUT2D eigenvalue weighted by atomic mass is 32.2. The molecule has 2 aromatic rings. The predicted octanol–water partition coefficient (Wildman–Crippen LogP) is 2.60. The Bertz CT molecular complexity index is 950. The van der Waals surface area contributed by atoms with Crippen molar-refractivity contribution >= 4 is 23.6 Å². The van der Waals surface area contributed by atoms with Gasteiger partial charge >= 0.3 is 0 Å². The number of rotatable bonds is 4. The summed E-state index contributed by atoms with van der Waals surface area (Å²) in [6.07, 6.45) is -2.99. The van der Waals surface area contributed by atoms with Crippen molar-refractivity contribution in [3.63, 3.8) is 0 Å². The van der Waals surface area contributed by atoms with E-state index in [0.717, 1.165) is 10.5 Å². The first-order valence-electron chi connectivity index (χ1n) is 10.3. The zero-order valence-electron chi connectivity index (χ0n) is 16.9. The van der Waals surface area contributed by atoms with E-state index in [4.69, 9.17) is 14.2 Å². The van der Waals surface area contributed by atoms with Crippen molar-refractivity contribution in [2.24, 2.45) is 0 Å². The molecule has 31 heavy (non-hydrogen) atoms. The molecule has 4 unspecified atom stereocenters. The van der Waals surface area contributed by atoms with Crippen LogP contribution in [0.2, 0.25) is 0 Å². The highest BCUT2D eigenvalue weighted by Gasteiger charge is 2.55. The third-order valence-electron chi connectivity index (χ3n) is 5.86. The topological polar surface area (TPSA) is 85.3 Å². The Hall–Kier alpha value is -2.23. The lowest BCUT2D eigenvalue weighted by atomic mass is 9.95. The summed E-state index contributed by atoms with van der Waals surface area (Å²) >= 11 is 1.45. The van der Waals surface area contributed by atoms with Crippen molar-refractivity contribution < 1.29 is 28.9 Å². The fourth-order valence-electron chi connectivity index (χ4n) is 4.41. The molecule has 2 saturated heterocycles. The van der Waals surface area contributed by atoms with E-state index in [1.165, 1.54) is 11.8 Å². The van der Waals surface area contributed by atoms with E-state index in [1.807, 2.05) is 37.3 Å². The van der Waals surface area contributed by atoms with Crippen LogP contribution in [0, 0.1) is 0 Å². The molecule has 6 atom stereocenters. The van der Waals surface area contributed by atoms with Gasteiger partial charge in [0.05, 0.1) is 17.7 Å². The van der Waals surface area contributed by atoms with E-state index in [0.29, 0.717) is 16.9 Å². The minimum Gasteiger partial charge on any atom is -0.388 e. The number of hydrogen-bond donors (Lipinski definition) is 1. The van der Waals surface area contributed by atoms with Crippen molar-refractivity contribution in [1.82, 2.24) is 4.90 Å². The molecule has 0 aliphatic carbocycles. The van der Waals surface area contributed by atoms with Gasteiger partial charge in [-0.15, -0.1) is 11.8 Å². The van der Waals surface area contributed by atoms with Crippen LogP contribution in [0.5, 0.6) is 0 Å². The van der Waals surface area contributed by atoms with Crippen molar-refractivity contribution in [3.05, 3.63) is 71.3 Å². The van der Waals surface area contributed by atoms with Crippen LogP contribution in [-0.4, -0.2) is 64.0 Å². The zero-order valence-corrected chi connectivity index (χ0v) is 17.7. The maximum atomic E-state index is 13.1. The molecule has 7 nitrogen and oxygen atoms in total. The number of hydrogen-bond acceptors (Lipinski definition) is 7. The monoisotopic (exact) mass is 441 g/mol. The number of aliphatic hydroxyl groups is 1. The molecule has 0 saturated carbocycles. The Morgan fingerprint density at radius 2 is 1.65 bits per heavy atom. The molecule has 2 amide bonds. The molecule has 3 aliphatic rings. The average Bonchev–Trinajstić information content (AvgIpc) is 3.05. The van der Waals surface area contributed by atoms with Gasteiger partial charge < -0.3 is 19.3 Å². The summed E-state index contributed by atoms with van der Waals surface area (Å²) < 4.78 is 18.2. The molecule has 1 N–H and O–H groups in total. The fraction of sp³-hybridized carbons (Fsp3) is 0.391. The van der Waals surface area contributed by atoms with Gasteiger partial charge in [0.15, 0.2) is 6.29 Å². The Morgan fingerprint density at radius 3 is 2.29 bits per heavy atom.